The Labute approximate surface area is 153 Å². The quantitative estimate of drug-likeness (QED) is 0.620. The zero-order valence-electron chi connectivity index (χ0n) is 15.3. The Bertz CT molecular complexity index is 587. The molecule has 0 aliphatic carbocycles. The minimum atomic E-state index is -0.569. The van der Waals surface area contributed by atoms with Crippen molar-refractivity contribution < 1.29 is 13.9 Å². The highest BCUT2D eigenvalue weighted by molar-refractivity contribution is 8.03. The molecule has 1 aromatic carbocycles. The lowest BCUT2D eigenvalue weighted by Gasteiger charge is -2.23. The largest absolute Gasteiger partial charge is 0.376 e. The number of allylic oxidation sites excluding steroid dienone is 1. The van der Waals surface area contributed by atoms with Crippen LogP contribution >= 0.6 is 11.8 Å². The van der Waals surface area contributed by atoms with Gasteiger partial charge < -0.3 is 14.9 Å². The normalized spacial score (nSPS) is 15.0. The molecule has 0 amide bonds. The molecule has 0 aromatic heterocycles. The van der Waals surface area contributed by atoms with Gasteiger partial charge in [-0.3, -0.25) is 0 Å². The fourth-order valence-corrected chi connectivity index (χ4v) is 4.41. The van der Waals surface area contributed by atoms with Crippen molar-refractivity contribution in [3.63, 3.8) is 0 Å². The van der Waals surface area contributed by atoms with Crippen LogP contribution in [0.3, 0.4) is 0 Å². The summed E-state index contributed by atoms with van der Waals surface area (Å²) in [6.45, 7) is 7.78. The minimum absolute atomic E-state index is 0.0550. The Morgan fingerprint density at radius 1 is 1.08 bits per heavy atom. The van der Waals surface area contributed by atoms with Crippen LogP contribution in [-0.4, -0.2) is 34.9 Å². The Morgan fingerprint density at radius 2 is 1.76 bits per heavy atom. The van der Waals surface area contributed by atoms with Crippen LogP contribution in [0.2, 0.25) is 0 Å². The third kappa shape index (κ3) is 5.35. The van der Waals surface area contributed by atoms with Crippen LogP contribution in [0.1, 0.15) is 46.5 Å². The van der Waals surface area contributed by atoms with Gasteiger partial charge in [0.15, 0.2) is 0 Å². The van der Waals surface area contributed by atoms with Crippen LogP contribution in [0.15, 0.2) is 33.8 Å². The number of hydrogen-bond acceptors (Lipinski definition) is 4. The summed E-state index contributed by atoms with van der Waals surface area (Å²) in [6.07, 6.45) is 4.62. The molecular formula is C19H28F2N2OS. The van der Waals surface area contributed by atoms with Crippen LogP contribution in [0, 0.1) is 17.6 Å². The fourth-order valence-electron chi connectivity index (χ4n) is 3.09. The zero-order chi connectivity index (χ0) is 18.4. The van der Waals surface area contributed by atoms with Crippen LogP contribution in [-0.2, 0) is 0 Å². The molecule has 2 rings (SSSR count). The van der Waals surface area contributed by atoms with Crippen molar-refractivity contribution >= 4 is 11.8 Å². The highest BCUT2D eigenvalue weighted by Gasteiger charge is 2.30. The van der Waals surface area contributed by atoms with Gasteiger partial charge in [-0.05, 0) is 24.5 Å². The summed E-state index contributed by atoms with van der Waals surface area (Å²) in [5.41, 5.74) is 1.03. The first-order valence-corrected chi connectivity index (χ1v) is 9.76. The predicted octanol–water partition coefficient (Wildman–Crippen LogP) is 4.99. The van der Waals surface area contributed by atoms with Gasteiger partial charge in [0, 0.05) is 23.2 Å². The van der Waals surface area contributed by atoms with Gasteiger partial charge in [-0.25, -0.2) is 8.78 Å². The topological polar surface area (TPSA) is 26.7 Å². The fraction of sp³-hybridized carbons (Fsp3) is 0.579. The highest BCUT2D eigenvalue weighted by Crippen LogP contribution is 2.40. The SMILES string of the molecule is CCCCCCN1CN(CO)C(C(C)C)=C1Sc1cc(F)cc(F)c1. The van der Waals surface area contributed by atoms with Gasteiger partial charge in [0.2, 0.25) is 0 Å². The van der Waals surface area contributed by atoms with Crippen molar-refractivity contribution in [2.24, 2.45) is 5.92 Å². The van der Waals surface area contributed by atoms with E-state index >= 15 is 0 Å². The van der Waals surface area contributed by atoms with Gasteiger partial charge in [-0.1, -0.05) is 51.8 Å². The van der Waals surface area contributed by atoms with Gasteiger partial charge in [0.1, 0.15) is 18.4 Å². The maximum atomic E-state index is 13.6. The molecule has 1 aromatic rings. The molecule has 0 atom stereocenters. The first-order valence-electron chi connectivity index (χ1n) is 8.95. The summed E-state index contributed by atoms with van der Waals surface area (Å²) in [5, 5.41) is 10.7. The third-order valence-corrected chi connectivity index (χ3v) is 5.37. The van der Waals surface area contributed by atoms with E-state index in [0.29, 0.717) is 11.6 Å². The number of halogens is 2. The molecule has 0 radical (unpaired) electrons. The first-order chi connectivity index (χ1) is 12.0. The Kier molecular flexibility index (Phi) is 7.56. The predicted molar refractivity (Wildman–Crippen MR) is 98.7 cm³/mol. The summed E-state index contributed by atoms with van der Waals surface area (Å²) >= 11 is 1.38. The maximum Gasteiger partial charge on any atom is 0.127 e. The van der Waals surface area contributed by atoms with Crippen LogP contribution < -0.4 is 0 Å². The number of thioether (sulfide) groups is 1. The first kappa shape index (κ1) is 20.0. The van der Waals surface area contributed by atoms with Crippen molar-refractivity contribution in [1.82, 2.24) is 9.80 Å². The smallest absolute Gasteiger partial charge is 0.127 e. The number of rotatable bonds is 9. The number of aliphatic hydroxyl groups is 1. The molecule has 6 heteroatoms. The molecule has 0 saturated carbocycles. The number of aliphatic hydroxyl groups excluding tert-OH is 1. The molecule has 0 bridgehead atoms. The lowest BCUT2D eigenvalue weighted by Crippen LogP contribution is -2.29. The molecule has 25 heavy (non-hydrogen) atoms. The lowest BCUT2D eigenvalue weighted by molar-refractivity contribution is 0.111. The molecular weight excluding hydrogens is 342 g/mol. The minimum Gasteiger partial charge on any atom is -0.376 e. The van der Waals surface area contributed by atoms with E-state index in [4.69, 9.17) is 0 Å². The van der Waals surface area contributed by atoms with Crippen LogP contribution in [0.25, 0.3) is 0 Å². The average Bonchev–Trinajstić information content (AvgIpc) is 2.88. The molecule has 0 unspecified atom stereocenters. The van der Waals surface area contributed by atoms with Crippen LogP contribution in [0.5, 0.6) is 0 Å². The van der Waals surface area contributed by atoms with Gasteiger partial charge in [-0.2, -0.15) is 0 Å². The lowest BCUT2D eigenvalue weighted by atomic mass is 10.1. The Balaban J connectivity index is 2.24. The Hall–Kier alpha value is -1.27. The van der Waals surface area contributed by atoms with E-state index in [9.17, 15) is 13.9 Å². The second kappa shape index (κ2) is 9.43. The summed E-state index contributed by atoms with van der Waals surface area (Å²) in [4.78, 5) is 4.70. The highest BCUT2D eigenvalue weighted by atomic mass is 32.2. The summed E-state index contributed by atoms with van der Waals surface area (Å²) in [5.74, 6) is -0.921. The molecule has 0 fully saturated rings. The third-order valence-electron chi connectivity index (χ3n) is 4.24. The number of hydrogen-bond donors (Lipinski definition) is 1. The van der Waals surface area contributed by atoms with Crippen molar-refractivity contribution in [1.29, 1.82) is 0 Å². The van der Waals surface area contributed by atoms with Gasteiger partial charge in [0.05, 0.1) is 11.7 Å². The average molecular weight is 371 g/mol. The van der Waals surface area contributed by atoms with E-state index in [0.717, 1.165) is 36.2 Å². The molecule has 0 saturated heterocycles. The summed E-state index contributed by atoms with van der Waals surface area (Å²) < 4.78 is 27.1. The van der Waals surface area contributed by atoms with Crippen molar-refractivity contribution in [2.75, 3.05) is 19.9 Å². The van der Waals surface area contributed by atoms with Gasteiger partial charge >= 0.3 is 0 Å². The Morgan fingerprint density at radius 3 is 2.32 bits per heavy atom. The van der Waals surface area contributed by atoms with E-state index in [1.165, 1.54) is 36.7 Å². The number of nitrogens with zero attached hydrogens (tertiary/aromatic N) is 2. The molecule has 3 nitrogen and oxygen atoms in total. The van der Waals surface area contributed by atoms with E-state index in [1.807, 2.05) is 4.90 Å². The van der Waals surface area contributed by atoms with Crippen molar-refractivity contribution in [3.8, 4) is 0 Å². The second-order valence-electron chi connectivity index (χ2n) is 6.70. The van der Waals surface area contributed by atoms with Crippen LogP contribution in [0.4, 0.5) is 8.78 Å². The van der Waals surface area contributed by atoms with E-state index < -0.39 is 11.6 Å². The summed E-state index contributed by atoms with van der Waals surface area (Å²) in [7, 11) is 0. The number of unbranched alkanes of at least 4 members (excludes halogenated alkanes) is 3. The van der Waals surface area contributed by atoms with Crippen molar-refractivity contribution in [3.05, 3.63) is 40.6 Å². The maximum absolute atomic E-state index is 13.6. The molecule has 1 aliphatic heterocycles. The monoisotopic (exact) mass is 370 g/mol. The van der Waals surface area contributed by atoms with Gasteiger partial charge in [0.25, 0.3) is 0 Å². The molecule has 140 valence electrons. The molecule has 1 N–H and O–H groups in total. The summed E-state index contributed by atoms with van der Waals surface area (Å²) in [6, 6.07) is 3.60. The second-order valence-corrected chi connectivity index (χ2v) is 7.76. The van der Waals surface area contributed by atoms with E-state index in [2.05, 4.69) is 25.7 Å². The zero-order valence-corrected chi connectivity index (χ0v) is 16.1. The standard InChI is InChI=1S/C19H28F2N2OS/c1-4-5-6-7-8-22-12-23(13-24)18(14(2)3)19(22)25-17-10-15(20)9-16(21)11-17/h9-11,14,24H,4-8,12-13H2,1-3H3. The van der Waals surface area contributed by atoms with Gasteiger partial charge in [-0.15, -0.1) is 0 Å². The van der Waals surface area contributed by atoms with E-state index in [-0.39, 0.29) is 12.6 Å². The molecule has 1 aliphatic rings. The van der Waals surface area contributed by atoms with E-state index in [1.54, 1.807) is 0 Å². The molecule has 0 spiro atoms. The molecule has 1 heterocycles. The van der Waals surface area contributed by atoms with Crippen molar-refractivity contribution in [2.45, 2.75) is 51.3 Å². The number of benzene rings is 1.